The largest absolute Gasteiger partial charge is 0.354 e. The Bertz CT molecular complexity index is 1410. The average molecular weight is 655 g/mol. The Morgan fingerprint density at radius 3 is 2.31 bits per heavy atom. The van der Waals surface area contributed by atoms with E-state index in [4.69, 9.17) is 23.2 Å². The van der Waals surface area contributed by atoms with E-state index in [1.807, 2.05) is 61.5 Å². The molecule has 0 aliphatic rings. The van der Waals surface area contributed by atoms with Crippen LogP contribution in [0, 0.1) is 0 Å². The molecule has 0 unspecified atom stereocenters. The smallest absolute Gasteiger partial charge is 0.244 e. The van der Waals surface area contributed by atoms with Crippen LogP contribution in [-0.4, -0.2) is 50.5 Å². The quantitative estimate of drug-likeness (QED) is 0.272. The topological polar surface area (TPSA) is 86.8 Å². The zero-order valence-corrected chi connectivity index (χ0v) is 25.5. The zero-order valence-electron chi connectivity index (χ0n) is 21.6. The fourth-order valence-electron chi connectivity index (χ4n) is 4.02. The molecule has 11 heteroatoms. The molecule has 3 aromatic carbocycles. The van der Waals surface area contributed by atoms with Crippen molar-refractivity contribution in [2.75, 3.05) is 23.7 Å². The standard InChI is InChI=1S/C28H30BrCl2N3O4S/c1-3-14-32-28(36)26(16-20-8-5-4-6-9-20)33(18-21-10-7-11-22(29)15-21)27(35)19-34(39(2,37)38)25-17-23(30)12-13-24(25)31/h4-13,15,17,26H,3,14,16,18-19H2,1-2H3,(H,32,36)/t26-/m0/s1. The van der Waals surface area contributed by atoms with Crippen molar-refractivity contribution in [1.29, 1.82) is 0 Å². The molecule has 0 bridgehead atoms. The first-order chi connectivity index (χ1) is 18.5. The molecule has 0 saturated heterocycles. The van der Waals surface area contributed by atoms with Crippen molar-refractivity contribution < 1.29 is 18.0 Å². The molecule has 208 valence electrons. The van der Waals surface area contributed by atoms with Crippen molar-refractivity contribution in [3.63, 3.8) is 0 Å². The van der Waals surface area contributed by atoms with Gasteiger partial charge in [0, 0.05) is 29.0 Å². The highest BCUT2D eigenvalue weighted by molar-refractivity contribution is 9.10. The van der Waals surface area contributed by atoms with E-state index in [1.54, 1.807) is 0 Å². The number of carbonyl (C=O) groups is 2. The Morgan fingerprint density at radius 1 is 0.974 bits per heavy atom. The molecule has 1 N–H and O–H groups in total. The van der Waals surface area contributed by atoms with Crippen LogP contribution >= 0.6 is 39.1 Å². The fraction of sp³-hybridized carbons (Fsp3) is 0.286. The van der Waals surface area contributed by atoms with E-state index < -0.39 is 28.5 Å². The number of sulfonamides is 1. The minimum atomic E-state index is -3.95. The maximum Gasteiger partial charge on any atom is 0.244 e. The van der Waals surface area contributed by atoms with Crippen LogP contribution in [0.15, 0.2) is 77.3 Å². The van der Waals surface area contributed by atoms with Crippen molar-refractivity contribution in [2.24, 2.45) is 0 Å². The SMILES string of the molecule is CCCNC(=O)[C@H](Cc1ccccc1)N(Cc1cccc(Br)c1)C(=O)CN(c1cc(Cl)ccc1Cl)S(C)(=O)=O. The number of halogens is 3. The van der Waals surface area contributed by atoms with E-state index >= 15 is 0 Å². The van der Waals surface area contributed by atoms with Gasteiger partial charge in [-0.3, -0.25) is 13.9 Å². The maximum atomic E-state index is 14.0. The first-order valence-corrected chi connectivity index (χ1v) is 15.7. The number of nitrogens with one attached hydrogen (secondary N) is 1. The number of anilines is 1. The number of amides is 2. The molecular weight excluding hydrogens is 625 g/mol. The van der Waals surface area contributed by atoms with Gasteiger partial charge in [-0.25, -0.2) is 8.42 Å². The molecular formula is C28H30BrCl2N3O4S. The third-order valence-corrected chi connectivity index (χ3v) is 8.09. The molecule has 1 atom stereocenters. The first-order valence-electron chi connectivity index (χ1n) is 12.3. The summed E-state index contributed by atoms with van der Waals surface area (Å²) >= 11 is 15.9. The Kier molecular flexibility index (Phi) is 11.2. The van der Waals surface area contributed by atoms with Gasteiger partial charge in [-0.2, -0.15) is 0 Å². The molecule has 3 aromatic rings. The van der Waals surface area contributed by atoms with Crippen molar-refractivity contribution >= 4 is 66.7 Å². The molecule has 7 nitrogen and oxygen atoms in total. The molecule has 0 fully saturated rings. The van der Waals surface area contributed by atoms with Crippen LogP contribution in [0.4, 0.5) is 5.69 Å². The molecule has 0 radical (unpaired) electrons. The summed E-state index contributed by atoms with van der Waals surface area (Å²) in [4.78, 5) is 28.9. The number of benzene rings is 3. The normalized spacial score (nSPS) is 12.0. The van der Waals surface area contributed by atoms with Crippen LogP contribution < -0.4 is 9.62 Å². The Balaban J connectivity index is 2.07. The number of hydrogen-bond acceptors (Lipinski definition) is 4. The van der Waals surface area contributed by atoms with Gasteiger partial charge in [0.2, 0.25) is 21.8 Å². The Hall–Kier alpha value is -2.59. The van der Waals surface area contributed by atoms with Crippen LogP contribution in [0.5, 0.6) is 0 Å². The van der Waals surface area contributed by atoms with Gasteiger partial charge in [0.1, 0.15) is 12.6 Å². The minimum absolute atomic E-state index is 0.0796. The molecule has 0 aliphatic carbocycles. The second-order valence-corrected chi connectivity index (χ2v) is 12.7. The van der Waals surface area contributed by atoms with E-state index in [2.05, 4.69) is 21.2 Å². The van der Waals surface area contributed by atoms with Gasteiger partial charge in [0.15, 0.2) is 0 Å². The predicted octanol–water partition coefficient (Wildman–Crippen LogP) is 5.69. The molecule has 3 rings (SSSR count). The summed E-state index contributed by atoms with van der Waals surface area (Å²) in [6, 6.07) is 20.3. The summed E-state index contributed by atoms with van der Waals surface area (Å²) in [5, 5.41) is 3.29. The van der Waals surface area contributed by atoms with Gasteiger partial charge >= 0.3 is 0 Å². The third-order valence-electron chi connectivity index (χ3n) is 5.92. The number of rotatable bonds is 12. The lowest BCUT2D eigenvalue weighted by atomic mass is 10.0. The molecule has 39 heavy (non-hydrogen) atoms. The third kappa shape index (κ3) is 8.96. The van der Waals surface area contributed by atoms with Gasteiger partial charge in [0.25, 0.3) is 0 Å². The Labute approximate surface area is 248 Å². The molecule has 0 aliphatic heterocycles. The van der Waals surface area contributed by atoms with Gasteiger partial charge in [0.05, 0.1) is 17.0 Å². The number of nitrogens with zero attached hydrogens (tertiary/aromatic N) is 2. The van der Waals surface area contributed by atoms with Crippen LogP contribution in [0.3, 0.4) is 0 Å². The van der Waals surface area contributed by atoms with E-state index in [-0.39, 0.29) is 34.6 Å². The fourth-order valence-corrected chi connectivity index (χ4v) is 5.76. The van der Waals surface area contributed by atoms with Gasteiger partial charge in [-0.1, -0.05) is 88.5 Å². The van der Waals surface area contributed by atoms with E-state index in [1.165, 1.54) is 23.1 Å². The van der Waals surface area contributed by atoms with Crippen molar-refractivity contribution in [2.45, 2.75) is 32.4 Å². The lowest BCUT2D eigenvalue weighted by Gasteiger charge is -2.33. The zero-order chi connectivity index (χ0) is 28.6. The van der Waals surface area contributed by atoms with Gasteiger partial charge in [-0.05, 0) is 47.9 Å². The van der Waals surface area contributed by atoms with Crippen LogP contribution in [-0.2, 0) is 32.6 Å². The highest BCUT2D eigenvalue weighted by Gasteiger charge is 2.33. The predicted molar refractivity (Wildman–Crippen MR) is 161 cm³/mol. The summed E-state index contributed by atoms with van der Waals surface area (Å²) in [5.74, 6) is -0.889. The average Bonchev–Trinajstić information content (AvgIpc) is 2.89. The van der Waals surface area contributed by atoms with Crippen LogP contribution in [0.1, 0.15) is 24.5 Å². The molecule has 0 spiro atoms. The van der Waals surface area contributed by atoms with Crippen LogP contribution in [0.2, 0.25) is 10.0 Å². The lowest BCUT2D eigenvalue weighted by Crippen LogP contribution is -2.53. The Morgan fingerprint density at radius 2 is 1.67 bits per heavy atom. The first kappa shape index (κ1) is 30.9. The molecule has 0 heterocycles. The summed E-state index contributed by atoms with van der Waals surface area (Å²) in [5.41, 5.74) is 1.71. The summed E-state index contributed by atoms with van der Waals surface area (Å²) < 4.78 is 27.4. The maximum absolute atomic E-state index is 14.0. The van der Waals surface area contributed by atoms with E-state index in [0.717, 1.165) is 32.6 Å². The van der Waals surface area contributed by atoms with Gasteiger partial charge in [-0.15, -0.1) is 0 Å². The number of carbonyl (C=O) groups excluding carboxylic acids is 2. The van der Waals surface area contributed by atoms with Crippen molar-refractivity contribution in [1.82, 2.24) is 10.2 Å². The van der Waals surface area contributed by atoms with Gasteiger partial charge < -0.3 is 10.2 Å². The summed E-state index contributed by atoms with van der Waals surface area (Å²) in [6.45, 7) is 1.89. The van der Waals surface area contributed by atoms with Crippen molar-refractivity contribution in [3.05, 3.63) is 98.4 Å². The highest BCUT2D eigenvalue weighted by Crippen LogP contribution is 2.31. The molecule has 0 aromatic heterocycles. The minimum Gasteiger partial charge on any atom is -0.354 e. The number of hydrogen-bond donors (Lipinski definition) is 1. The lowest BCUT2D eigenvalue weighted by molar-refractivity contribution is -0.140. The van der Waals surface area contributed by atoms with Crippen molar-refractivity contribution in [3.8, 4) is 0 Å². The molecule has 0 saturated carbocycles. The second kappa shape index (κ2) is 14.2. The van der Waals surface area contributed by atoms with E-state index in [9.17, 15) is 18.0 Å². The van der Waals surface area contributed by atoms with Crippen LogP contribution in [0.25, 0.3) is 0 Å². The second-order valence-electron chi connectivity index (χ2n) is 9.01. The monoisotopic (exact) mass is 653 g/mol. The highest BCUT2D eigenvalue weighted by atomic mass is 79.9. The van der Waals surface area contributed by atoms with E-state index in [0.29, 0.717) is 6.54 Å². The summed E-state index contributed by atoms with van der Waals surface area (Å²) in [7, 11) is -3.95. The molecule has 2 amide bonds. The summed E-state index contributed by atoms with van der Waals surface area (Å²) in [6.07, 6.45) is 1.96.